The van der Waals surface area contributed by atoms with Gasteiger partial charge in [0.15, 0.2) is 0 Å². The molecule has 102 valence electrons. The molecule has 0 amide bonds. The van der Waals surface area contributed by atoms with Crippen LogP contribution in [0.15, 0.2) is 41.1 Å². The average Bonchev–Trinajstić information content (AvgIpc) is 2.76. The molecule has 0 atom stereocenters. The number of aromatic nitrogens is 2. The maximum Gasteiger partial charge on any atom is 0.122 e. The van der Waals surface area contributed by atoms with Crippen molar-refractivity contribution in [2.75, 3.05) is 6.54 Å². The first kappa shape index (κ1) is 14.3. The van der Waals surface area contributed by atoms with E-state index in [9.17, 15) is 0 Å². The first-order valence-corrected chi connectivity index (χ1v) is 7.39. The Balaban J connectivity index is 1.99. The van der Waals surface area contributed by atoms with E-state index >= 15 is 0 Å². The zero-order chi connectivity index (χ0) is 13.7. The lowest BCUT2D eigenvalue weighted by molar-refractivity contribution is 0.533. The average molecular weight is 322 g/mol. The number of halogens is 1. The van der Waals surface area contributed by atoms with Crippen LogP contribution in [0.2, 0.25) is 0 Å². The minimum atomic E-state index is 0.661. The maximum absolute atomic E-state index is 4.42. The van der Waals surface area contributed by atoms with Crippen molar-refractivity contribution in [3.8, 4) is 0 Å². The molecule has 0 fully saturated rings. The summed E-state index contributed by atoms with van der Waals surface area (Å²) in [5.74, 6) is 1.74. The molecule has 0 aliphatic rings. The van der Waals surface area contributed by atoms with Crippen molar-refractivity contribution < 1.29 is 0 Å². The first-order chi connectivity index (χ1) is 9.15. The summed E-state index contributed by atoms with van der Waals surface area (Å²) in [6.07, 6.45) is 3.90. The minimum absolute atomic E-state index is 0.661. The molecular formula is C15H20BrN3. The number of nitrogens with one attached hydrogen (secondary N) is 1. The SMILES string of the molecule is CC(C)CNCc1nccn1Cc1cccc(Br)c1. The molecule has 0 aliphatic carbocycles. The van der Waals surface area contributed by atoms with Crippen LogP contribution < -0.4 is 5.32 Å². The van der Waals surface area contributed by atoms with Gasteiger partial charge in [-0.05, 0) is 30.2 Å². The van der Waals surface area contributed by atoms with Crippen LogP contribution in [0, 0.1) is 5.92 Å². The van der Waals surface area contributed by atoms with Crippen molar-refractivity contribution in [3.05, 3.63) is 52.5 Å². The molecule has 0 aliphatic heterocycles. The number of imidazole rings is 1. The standard InChI is InChI=1S/C15H20BrN3/c1-12(2)9-17-10-15-18-6-7-19(15)11-13-4-3-5-14(16)8-13/h3-8,12,17H,9-11H2,1-2H3. The van der Waals surface area contributed by atoms with Gasteiger partial charge < -0.3 is 9.88 Å². The van der Waals surface area contributed by atoms with Gasteiger partial charge >= 0.3 is 0 Å². The van der Waals surface area contributed by atoms with E-state index in [0.717, 1.165) is 29.9 Å². The molecular weight excluding hydrogens is 302 g/mol. The van der Waals surface area contributed by atoms with Crippen molar-refractivity contribution in [1.29, 1.82) is 0 Å². The predicted molar refractivity (Wildman–Crippen MR) is 82.0 cm³/mol. The summed E-state index contributed by atoms with van der Waals surface area (Å²) in [6.45, 7) is 7.11. The van der Waals surface area contributed by atoms with Crippen molar-refractivity contribution in [2.24, 2.45) is 5.92 Å². The van der Waals surface area contributed by atoms with Gasteiger partial charge in [-0.1, -0.05) is 41.9 Å². The molecule has 0 saturated carbocycles. The van der Waals surface area contributed by atoms with E-state index in [1.807, 2.05) is 18.5 Å². The Morgan fingerprint density at radius 2 is 2.21 bits per heavy atom. The maximum atomic E-state index is 4.42. The third-order valence-electron chi connectivity index (χ3n) is 2.88. The summed E-state index contributed by atoms with van der Waals surface area (Å²) in [7, 11) is 0. The Kier molecular flexibility index (Phi) is 5.16. The van der Waals surface area contributed by atoms with Gasteiger partial charge in [-0.25, -0.2) is 4.98 Å². The molecule has 0 radical (unpaired) electrons. The molecule has 2 aromatic rings. The van der Waals surface area contributed by atoms with Crippen LogP contribution >= 0.6 is 15.9 Å². The Hall–Kier alpha value is -1.13. The Morgan fingerprint density at radius 1 is 1.37 bits per heavy atom. The fourth-order valence-corrected chi connectivity index (χ4v) is 2.40. The van der Waals surface area contributed by atoms with Crippen LogP contribution in [0.1, 0.15) is 25.2 Å². The van der Waals surface area contributed by atoms with E-state index < -0.39 is 0 Å². The summed E-state index contributed by atoms with van der Waals surface area (Å²) < 4.78 is 3.30. The lowest BCUT2D eigenvalue weighted by Crippen LogP contribution is -2.21. The van der Waals surface area contributed by atoms with Gasteiger partial charge in [0.25, 0.3) is 0 Å². The van der Waals surface area contributed by atoms with Gasteiger partial charge in [-0.2, -0.15) is 0 Å². The second-order valence-electron chi connectivity index (χ2n) is 5.13. The van der Waals surface area contributed by atoms with Gasteiger partial charge in [-0.3, -0.25) is 0 Å². The summed E-state index contributed by atoms with van der Waals surface area (Å²) in [4.78, 5) is 4.42. The van der Waals surface area contributed by atoms with Crippen LogP contribution in [-0.2, 0) is 13.1 Å². The van der Waals surface area contributed by atoms with E-state index in [4.69, 9.17) is 0 Å². The van der Waals surface area contributed by atoms with Gasteiger partial charge in [0, 0.05) is 23.4 Å². The largest absolute Gasteiger partial charge is 0.329 e. The van der Waals surface area contributed by atoms with Crippen LogP contribution in [0.5, 0.6) is 0 Å². The predicted octanol–water partition coefficient (Wildman–Crippen LogP) is 3.44. The number of hydrogen-bond acceptors (Lipinski definition) is 2. The summed E-state index contributed by atoms with van der Waals surface area (Å²) in [5.41, 5.74) is 1.28. The molecule has 1 N–H and O–H groups in total. The molecule has 0 saturated heterocycles. The molecule has 1 heterocycles. The highest BCUT2D eigenvalue weighted by molar-refractivity contribution is 9.10. The van der Waals surface area contributed by atoms with Crippen molar-refractivity contribution in [1.82, 2.24) is 14.9 Å². The van der Waals surface area contributed by atoms with Gasteiger partial charge in [-0.15, -0.1) is 0 Å². The zero-order valence-corrected chi connectivity index (χ0v) is 13.0. The van der Waals surface area contributed by atoms with E-state index in [1.54, 1.807) is 0 Å². The van der Waals surface area contributed by atoms with Crippen molar-refractivity contribution in [3.63, 3.8) is 0 Å². The monoisotopic (exact) mass is 321 g/mol. The second-order valence-corrected chi connectivity index (χ2v) is 6.04. The highest BCUT2D eigenvalue weighted by Gasteiger charge is 2.04. The Bertz CT molecular complexity index is 520. The normalized spacial score (nSPS) is 11.2. The lowest BCUT2D eigenvalue weighted by atomic mass is 10.2. The Labute approximate surface area is 123 Å². The number of hydrogen-bond donors (Lipinski definition) is 1. The van der Waals surface area contributed by atoms with Crippen LogP contribution in [0.3, 0.4) is 0 Å². The minimum Gasteiger partial charge on any atom is -0.329 e. The molecule has 1 aromatic carbocycles. The summed E-state index contributed by atoms with van der Waals surface area (Å²) >= 11 is 3.51. The molecule has 3 nitrogen and oxygen atoms in total. The van der Waals surface area contributed by atoms with Gasteiger partial charge in [0.2, 0.25) is 0 Å². The van der Waals surface area contributed by atoms with Crippen LogP contribution in [0.25, 0.3) is 0 Å². The first-order valence-electron chi connectivity index (χ1n) is 6.60. The van der Waals surface area contributed by atoms with Crippen LogP contribution in [-0.4, -0.2) is 16.1 Å². The topological polar surface area (TPSA) is 29.9 Å². The van der Waals surface area contributed by atoms with E-state index in [-0.39, 0.29) is 0 Å². The van der Waals surface area contributed by atoms with E-state index in [2.05, 4.69) is 62.8 Å². The fourth-order valence-electron chi connectivity index (χ4n) is 1.96. The molecule has 2 rings (SSSR count). The van der Waals surface area contributed by atoms with Crippen molar-refractivity contribution in [2.45, 2.75) is 26.9 Å². The van der Waals surface area contributed by atoms with E-state index in [1.165, 1.54) is 5.56 Å². The molecule has 0 spiro atoms. The number of benzene rings is 1. The Morgan fingerprint density at radius 3 is 2.95 bits per heavy atom. The molecule has 0 bridgehead atoms. The van der Waals surface area contributed by atoms with Gasteiger partial charge in [0.05, 0.1) is 6.54 Å². The number of nitrogens with zero attached hydrogens (tertiary/aromatic N) is 2. The van der Waals surface area contributed by atoms with Crippen molar-refractivity contribution >= 4 is 15.9 Å². The highest BCUT2D eigenvalue weighted by Crippen LogP contribution is 2.13. The molecule has 0 unspecified atom stereocenters. The number of rotatable bonds is 6. The second kappa shape index (κ2) is 6.87. The smallest absolute Gasteiger partial charge is 0.122 e. The third kappa shape index (κ3) is 4.48. The molecule has 19 heavy (non-hydrogen) atoms. The summed E-state index contributed by atoms with van der Waals surface area (Å²) in [6, 6.07) is 8.39. The van der Waals surface area contributed by atoms with Crippen LogP contribution in [0.4, 0.5) is 0 Å². The molecule has 4 heteroatoms. The third-order valence-corrected chi connectivity index (χ3v) is 3.37. The fraction of sp³-hybridized carbons (Fsp3) is 0.400. The molecule has 1 aromatic heterocycles. The highest BCUT2D eigenvalue weighted by atomic mass is 79.9. The summed E-state index contributed by atoms with van der Waals surface area (Å²) in [5, 5.41) is 3.43. The zero-order valence-electron chi connectivity index (χ0n) is 11.4. The quantitative estimate of drug-likeness (QED) is 0.883. The van der Waals surface area contributed by atoms with Gasteiger partial charge in [0.1, 0.15) is 5.82 Å². The van der Waals surface area contributed by atoms with E-state index in [0.29, 0.717) is 5.92 Å². The lowest BCUT2D eigenvalue weighted by Gasteiger charge is -2.10.